The predicted octanol–water partition coefficient (Wildman–Crippen LogP) is 3.37. The second-order valence-electron chi connectivity index (χ2n) is 6.31. The molecule has 6 heteroatoms. The number of carbonyl (C=O) groups excluding carboxylic acids is 2. The van der Waals surface area contributed by atoms with Gasteiger partial charge in [-0.3, -0.25) is 9.69 Å². The van der Waals surface area contributed by atoms with Crippen LogP contribution in [0, 0.1) is 12.7 Å². The molecule has 3 rings (SSSR count). The van der Waals surface area contributed by atoms with E-state index in [0.29, 0.717) is 17.7 Å². The van der Waals surface area contributed by atoms with Crippen LogP contribution in [0.15, 0.2) is 48.5 Å². The van der Waals surface area contributed by atoms with Crippen LogP contribution >= 0.6 is 0 Å². The maximum atomic E-state index is 13.2. The Bertz CT molecular complexity index is 805. The van der Waals surface area contributed by atoms with Crippen molar-refractivity contribution in [3.63, 3.8) is 0 Å². The minimum atomic E-state index is -1.16. The number of ether oxygens (including phenoxy) is 1. The molecule has 0 saturated carbocycles. The van der Waals surface area contributed by atoms with Gasteiger partial charge in [-0.05, 0) is 43.2 Å². The van der Waals surface area contributed by atoms with Crippen LogP contribution in [-0.4, -0.2) is 30.0 Å². The van der Waals surface area contributed by atoms with E-state index < -0.39 is 11.6 Å². The molecule has 0 bridgehead atoms. The lowest BCUT2D eigenvalue weighted by Crippen LogP contribution is -2.43. The third kappa shape index (κ3) is 3.27. The molecule has 1 N–H and O–H groups in total. The molecule has 1 heterocycles. The smallest absolute Gasteiger partial charge is 0.325 e. The Kier molecular flexibility index (Phi) is 4.93. The van der Waals surface area contributed by atoms with Gasteiger partial charge in [-0.1, -0.05) is 36.8 Å². The fourth-order valence-electron chi connectivity index (χ4n) is 3.09. The van der Waals surface area contributed by atoms with Crippen molar-refractivity contribution < 1.29 is 18.7 Å². The summed E-state index contributed by atoms with van der Waals surface area (Å²) in [6.07, 6.45) is 0.374. The minimum absolute atomic E-state index is 0.140. The molecular formula is C20H21FN2O3. The highest BCUT2D eigenvalue weighted by molar-refractivity contribution is 6.07. The Labute approximate surface area is 151 Å². The van der Waals surface area contributed by atoms with Crippen LogP contribution in [0.2, 0.25) is 0 Å². The topological polar surface area (TPSA) is 58.6 Å². The highest BCUT2D eigenvalue weighted by Crippen LogP contribution is 2.32. The van der Waals surface area contributed by atoms with Crippen LogP contribution in [0.4, 0.5) is 9.18 Å². The molecule has 0 radical (unpaired) electrons. The SMILES string of the molecule is CC[C@@]1(c2ccc(F)cc2)NC(=O)N(CCOc2ccc(C)cc2)C1=O. The zero-order chi connectivity index (χ0) is 18.7. The van der Waals surface area contributed by atoms with Crippen molar-refractivity contribution in [3.8, 4) is 5.75 Å². The van der Waals surface area contributed by atoms with Crippen molar-refractivity contribution in [3.05, 3.63) is 65.5 Å². The minimum Gasteiger partial charge on any atom is -0.492 e. The Balaban J connectivity index is 1.71. The van der Waals surface area contributed by atoms with E-state index in [9.17, 15) is 14.0 Å². The molecule has 1 aliphatic rings. The zero-order valence-electron chi connectivity index (χ0n) is 14.8. The van der Waals surface area contributed by atoms with Gasteiger partial charge in [0.25, 0.3) is 5.91 Å². The highest BCUT2D eigenvalue weighted by Gasteiger charge is 2.51. The standard InChI is InChI=1S/C20H21FN2O3/c1-3-20(15-6-8-16(21)9-7-15)18(24)23(19(25)22-20)12-13-26-17-10-4-14(2)5-11-17/h4-11H,3,12-13H2,1-2H3,(H,22,25)/t20-/m0/s1. The number of carbonyl (C=O) groups is 2. The number of amides is 3. The lowest BCUT2D eigenvalue weighted by atomic mass is 9.87. The Morgan fingerprint density at radius 3 is 2.35 bits per heavy atom. The molecule has 1 fully saturated rings. The number of imide groups is 1. The van der Waals surface area contributed by atoms with Crippen molar-refractivity contribution in [2.75, 3.05) is 13.2 Å². The van der Waals surface area contributed by atoms with Crippen LogP contribution in [0.25, 0.3) is 0 Å². The van der Waals surface area contributed by atoms with E-state index in [1.807, 2.05) is 38.1 Å². The van der Waals surface area contributed by atoms with Crippen molar-refractivity contribution >= 4 is 11.9 Å². The molecule has 2 aromatic rings. The first kappa shape index (κ1) is 17.9. The fourth-order valence-corrected chi connectivity index (χ4v) is 3.09. The summed E-state index contributed by atoms with van der Waals surface area (Å²) in [5, 5.41) is 2.77. The monoisotopic (exact) mass is 356 g/mol. The summed E-state index contributed by atoms with van der Waals surface area (Å²) < 4.78 is 18.8. The third-order valence-electron chi connectivity index (χ3n) is 4.65. The molecule has 0 spiro atoms. The van der Waals surface area contributed by atoms with E-state index in [0.717, 1.165) is 10.5 Å². The van der Waals surface area contributed by atoms with Crippen molar-refractivity contribution in [2.24, 2.45) is 0 Å². The maximum absolute atomic E-state index is 13.2. The predicted molar refractivity (Wildman–Crippen MR) is 95.3 cm³/mol. The number of urea groups is 1. The van der Waals surface area contributed by atoms with Gasteiger partial charge in [0.15, 0.2) is 0 Å². The first-order valence-corrected chi connectivity index (χ1v) is 8.56. The van der Waals surface area contributed by atoms with E-state index in [1.165, 1.54) is 24.3 Å². The third-order valence-corrected chi connectivity index (χ3v) is 4.65. The van der Waals surface area contributed by atoms with Crippen LogP contribution in [-0.2, 0) is 10.3 Å². The number of nitrogens with one attached hydrogen (secondary N) is 1. The molecule has 1 aliphatic heterocycles. The summed E-state index contributed by atoms with van der Waals surface area (Å²) in [6, 6.07) is 12.7. The number of halogens is 1. The first-order chi connectivity index (χ1) is 12.5. The molecule has 0 aliphatic carbocycles. The van der Waals surface area contributed by atoms with Crippen LogP contribution in [0.3, 0.4) is 0 Å². The van der Waals surface area contributed by atoms with Gasteiger partial charge in [-0.15, -0.1) is 0 Å². The van der Waals surface area contributed by atoms with Gasteiger partial charge in [0.1, 0.15) is 23.7 Å². The molecule has 2 aromatic carbocycles. The van der Waals surface area contributed by atoms with Crippen molar-refractivity contribution in [1.82, 2.24) is 10.2 Å². The Hall–Kier alpha value is -2.89. The summed E-state index contributed by atoms with van der Waals surface area (Å²) in [5.74, 6) is -0.0489. The molecule has 3 amide bonds. The molecule has 0 aromatic heterocycles. The normalized spacial score (nSPS) is 19.6. The molecule has 1 atom stereocenters. The van der Waals surface area contributed by atoms with Gasteiger partial charge in [-0.25, -0.2) is 9.18 Å². The van der Waals surface area contributed by atoms with E-state index in [-0.39, 0.29) is 24.9 Å². The average molecular weight is 356 g/mol. The van der Waals surface area contributed by atoms with Gasteiger partial charge in [0.2, 0.25) is 0 Å². The average Bonchev–Trinajstić information content (AvgIpc) is 2.89. The van der Waals surface area contributed by atoms with Crippen LogP contribution < -0.4 is 10.1 Å². The number of rotatable bonds is 6. The van der Waals surface area contributed by atoms with Gasteiger partial charge in [0.05, 0.1) is 6.54 Å². The van der Waals surface area contributed by atoms with Crippen LogP contribution in [0.1, 0.15) is 24.5 Å². The highest BCUT2D eigenvalue weighted by atomic mass is 19.1. The Morgan fingerprint density at radius 2 is 1.73 bits per heavy atom. The van der Waals surface area contributed by atoms with Crippen molar-refractivity contribution in [2.45, 2.75) is 25.8 Å². The molecule has 5 nitrogen and oxygen atoms in total. The number of benzene rings is 2. The molecule has 26 heavy (non-hydrogen) atoms. The lowest BCUT2D eigenvalue weighted by Gasteiger charge is -2.25. The molecular weight excluding hydrogens is 335 g/mol. The first-order valence-electron chi connectivity index (χ1n) is 8.56. The Morgan fingerprint density at radius 1 is 1.08 bits per heavy atom. The largest absolute Gasteiger partial charge is 0.492 e. The van der Waals surface area contributed by atoms with Crippen molar-refractivity contribution in [1.29, 1.82) is 0 Å². The summed E-state index contributed by atoms with van der Waals surface area (Å²) in [7, 11) is 0. The number of hydrogen-bond acceptors (Lipinski definition) is 3. The van der Waals surface area contributed by atoms with E-state index in [2.05, 4.69) is 5.32 Å². The van der Waals surface area contributed by atoms with Gasteiger partial charge < -0.3 is 10.1 Å². The second-order valence-corrected chi connectivity index (χ2v) is 6.31. The van der Waals surface area contributed by atoms with E-state index in [4.69, 9.17) is 4.74 Å². The number of nitrogens with zero attached hydrogens (tertiary/aromatic N) is 1. The number of aryl methyl sites for hydroxylation is 1. The van der Waals surface area contributed by atoms with Gasteiger partial charge in [-0.2, -0.15) is 0 Å². The fraction of sp³-hybridized carbons (Fsp3) is 0.300. The van der Waals surface area contributed by atoms with Gasteiger partial charge in [0, 0.05) is 0 Å². The number of hydrogen-bond donors (Lipinski definition) is 1. The van der Waals surface area contributed by atoms with E-state index >= 15 is 0 Å². The van der Waals surface area contributed by atoms with Gasteiger partial charge >= 0.3 is 6.03 Å². The second kappa shape index (κ2) is 7.15. The molecule has 1 saturated heterocycles. The van der Waals surface area contributed by atoms with Crippen LogP contribution in [0.5, 0.6) is 5.75 Å². The maximum Gasteiger partial charge on any atom is 0.325 e. The van der Waals surface area contributed by atoms with E-state index in [1.54, 1.807) is 0 Å². The molecule has 136 valence electrons. The summed E-state index contributed by atoms with van der Waals surface area (Å²) >= 11 is 0. The molecule has 0 unspecified atom stereocenters. The zero-order valence-corrected chi connectivity index (χ0v) is 14.8. The quantitative estimate of drug-likeness (QED) is 0.808. The summed E-state index contributed by atoms with van der Waals surface area (Å²) in [6.45, 7) is 4.14. The summed E-state index contributed by atoms with van der Waals surface area (Å²) in [5.41, 5.74) is 0.537. The summed E-state index contributed by atoms with van der Waals surface area (Å²) in [4.78, 5) is 26.4. The lowest BCUT2D eigenvalue weighted by molar-refractivity contribution is -0.132.